The topological polar surface area (TPSA) is 55.9 Å². The molecule has 0 bridgehead atoms. The van der Waals surface area contributed by atoms with Crippen molar-refractivity contribution in [3.8, 4) is 5.82 Å². The summed E-state index contributed by atoms with van der Waals surface area (Å²) in [6.45, 7) is 0.691. The first-order chi connectivity index (χ1) is 8.93. The Bertz CT molecular complexity index is 602. The number of pyridine rings is 1. The Morgan fingerprint density at radius 3 is 3.00 bits per heavy atom. The predicted octanol–water partition coefficient (Wildman–Crippen LogP) is 2.47. The zero-order valence-electron chi connectivity index (χ0n) is 9.65. The molecule has 5 heteroatoms. The average Bonchev–Trinajstić information content (AvgIpc) is 3.10. The van der Waals surface area contributed by atoms with E-state index in [4.69, 9.17) is 4.42 Å². The van der Waals surface area contributed by atoms with Gasteiger partial charge in [0.05, 0.1) is 18.2 Å². The van der Waals surface area contributed by atoms with E-state index >= 15 is 0 Å². The zero-order valence-corrected chi connectivity index (χ0v) is 9.65. The van der Waals surface area contributed by atoms with Crippen LogP contribution in [0, 0.1) is 0 Å². The number of anilines is 1. The number of hydrogen-bond acceptors (Lipinski definition) is 4. The monoisotopic (exact) mass is 240 g/mol. The first kappa shape index (κ1) is 10.6. The van der Waals surface area contributed by atoms with Gasteiger partial charge in [0.2, 0.25) is 0 Å². The van der Waals surface area contributed by atoms with Crippen molar-refractivity contribution in [3.05, 3.63) is 60.9 Å². The van der Waals surface area contributed by atoms with Crippen molar-refractivity contribution in [2.45, 2.75) is 6.54 Å². The lowest BCUT2D eigenvalue weighted by Crippen LogP contribution is -2.06. The minimum absolute atomic E-state index is 0.691. The van der Waals surface area contributed by atoms with E-state index in [0.29, 0.717) is 6.54 Å². The molecule has 0 aliphatic rings. The summed E-state index contributed by atoms with van der Waals surface area (Å²) in [5, 5.41) is 7.51. The van der Waals surface area contributed by atoms with E-state index in [1.54, 1.807) is 29.6 Å². The van der Waals surface area contributed by atoms with Gasteiger partial charge in [-0.1, -0.05) is 0 Å². The third-order valence-corrected chi connectivity index (χ3v) is 2.57. The molecule has 0 aliphatic carbocycles. The highest BCUT2D eigenvalue weighted by Gasteiger charge is 2.05. The molecule has 0 saturated heterocycles. The van der Waals surface area contributed by atoms with Crippen LogP contribution in [-0.4, -0.2) is 14.8 Å². The van der Waals surface area contributed by atoms with E-state index in [1.165, 1.54) is 0 Å². The highest BCUT2D eigenvalue weighted by atomic mass is 16.3. The second-order valence-electron chi connectivity index (χ2n) is 3.81. The van der Waals surface area contributed by atoms with Gasteiger partial charge in [-0.2, -0.15) is 5.10 Å². The lowest BCUT2D eigenvalue weighted by Gasteiger charge is -2.09. The van der Waals surface area contributed by atoms with Crippen LogP contribution in [0.5, 0.6) is 0 Å². The Morgan fingerprint density at radius 1 is 1.22 bits per heavy atom. The van der Waals surface area contributed by atoms with Gasteiger partial charge in [0, 0.05) is 30.7 Å². The molecule has 3 aromatic heterocycles. The molecule has 18 heavy (non-hydrogen) atoms. The quantitative estimate of drug-likeness (QED) is 0.761. The molecular formula is C13H12N4O. The molecule has 0 spiro atoms. The molecule has 3 rings (SSSR count). The zero-order chi connectivity index (χ0) is 12.2. The fourth-order valence-corrected chi connectivity index (χ4v) is 1.70. The minimum Gasteiger partial charge on any atom is -0.472 e. The van der Waals surface area contributed by atoms with Crippen molar-refractivity contribution >= 4 is 5.69 Å². The van der Waals surface area contributed by atoms with E-state index in [9.17, 15) is 0 Å². The Labute approximate surface area is 104 Å². The molecule has 90 valence electrons. The van der Waals surface area contributed by atoms with E-state index in [-0.39, 0.29) is 0 Å². The predicted molar refractivity (Wildman–Crippen MR) is 67.4 cm³/mol. The van der Waals surface area contributed by atoms with E-state index in [0.717, 1.165) is 17.1 Å². The molecule has 3 heterocycles. The normalized spacial score (nSPS) is 10.4. The summed E-state index contributed by atoms with van der Waals surface area (Å²) < 4.78 is 6.77. The SMILES string of the molecule is c1cnc(-n2cccn2)c(NCc2ccoc2)c1. The molecule has 5 nitrogen and oxygen atoms in total. The summed E-state index contributed by atoms with van der Waals surface area (Å²) >= 11 is 0. The average molecular weight is 240 g/mol. The molecule has 0 radical (unpaired) electrons. The summed E-state index contributed by atoms with van der Waals surface area (Å²) in [5.41, 5.74) is 2.02. The number of nitrogens with one attached hydrogen (secondary N) is 1. The van der Waals surface area contributed by atoms with Crippen LogP contribution in [0.4, 0.5) is 5.69 Å². The van der Waals surface area contributed by atoms with Crippen LogP contribution in [0.2, 0.25) is 0 Å². The number of furan rings is 1. The summed E-state index contributed by atoms with van der Waals surface area (Å²) in [6, 6.07) is 7.67. The maximum atomic E-state index is 5.03. The summed E-state index contributed by atoms with van der Waals surface area (Å²) in [7, 11) is 0. The highest BCUT2D eigenvalue weighted by Crippen LogP contribution is 2.17. The van der Waals surface area contributed by atoms with Crippen LogP contribution in [0.3, 0.4) is 0 Å². The number of rotatable bonds is 4. The molecule has 0 atom stereocenters. The van der Waals surface area contributed by atoms with Gasteiger partial charge >= 0.3 is 0 Å². The van der Waals surface area contributed by atoms with Crippen molar-refractivity contribution in [3.63, 3.8) is 0 Å². The molecular weight excluding hydrogens is 228 g/mol. The largest absolute Gasteiger partial charge is 0.472 e. The van der Waals surface area contributed by atoms with Gasteiger partial charge in [-0.3, -0.25) is 0 Å². The van der Waals surface area contributed by atoms with Crippen LogP contribution in [0.25, 0.3) is 5.82 Å². The van der Waals surface area contributed by atoms with Gasteiger partial charge in [0.25, 0.3) is 0 Å². The second kappa shape index (κ2) is 4.75. The Hall–Kier alpha value is -2.56. The summed E-state index contributed by atoms with van der Waals surface area (Å²) in [6.07, 6.45) is 8.73. The van der Waals surface area contributed by atoms with Gasteiger partial charge in [0.15, 0.2) is 5.82 Å². The summed E-state index contributed by atoms with van der Waals surface area (Å²) in [5.74, 6) is 0.783. The molecule has 0 fully saturated rings. The van der Waals surface area contributed by atoms with Crippen molar-refractivity contribution in [1.82, 2.24) is 14.8 Å². The smallest absolute Gasteiger partial charge is 0.176 e. The van der Waals surface area contributed by atoms with Crippen LogP contribution < -0.4 is 5.32 Å². The van der Waals surface area contributed by atoms with Gasteiger partial charge in [-0.05, 0) is 24.3 Å². The molecule has 0 aliphatic heterocycles. The van der Waals surface area contributed by atoms with Crippen LogP contribution in [0.15, 0.2) is 59.8 Å². The Morgan fingerprint density at radius 2 is 2.22 bits per heavy atom. The molecule has 0 saturated carbocycles. The van der Waals surface area contributed by atoms with Crippen molar-refractivity contribution in [2.24, 2.45) is 0 Å². The van der Waals surface area contributed by atoms with E-state index in [2.05, 4.69) is 15.4 Å². The highest BCUT2D eigenvalue weighted by molar-refractivity contribution is 5.56. The fraction of sp³-hybridized carbons (Fsp3) is 0.0769. The van der Waals surface area contributed by atoms with Crippen LogP contribution in [-0.2, 0) is 6.54 Å². The third kappa shape index (κ3) is 2.10. The van der Waals surface area contributed by atoms with Crippen LogP contribution in [0.1, 0.15) is 5.56 Å². The summed E-state index contributed by atoms with van der Waals surface area (Å²) in [4.78, 5) is 4.34. The minimum atomic E-state index is 0.691. The van der Waals surface area contributed by atoms with Crippen molar-refractivity contribution in [2.75, 3.05) is 5.32 Å². The van der Waals surface area contributed by atoms with E-state index < -0.39 is 0 Å². The Balaban J connectivity index is 1.84. The second-order valence-corrected chi connectivity index (χ2v) is 3.81. The van der Waals surface area contributed by atoms with E-state index in [1.807, 2.05) is 30.5 Å². The lowest BCUT2D eigenvalue weighted by molar-refractivity contribution is 0.564. The molecule has 0 unspecified atom stereocenters. The first-order valence-corrected chi connectivity index (χ1v) is 5.63. The maximum absolute atomic E-state index is 5.03. The first-order valence-electron chi connectivity index (χ1n) is 5.63. The van der Waals surface area contributed by atoms with Crippen LogP contribution >= 0.6 is 0 Å². The lowest BCUT2D eigenvalue weighted by atomic mass is 10.3. The van der Waals surface area contributed by atoms with Gasteiger partial charge in [-0.15, -0.1) is 0 Å². The Kier molecular flexibility index (Phi) is 2.79. The molecule has 0 aromatic carbocycles. The fourth-order valence-electron chi connectivity index (χ4n) is 1.70. The molecule has 3 aromatic rings. The standard InChI is InChI=1S/C13H12N4O/c1-3-12(15-9-11-4-8-18-10-11)13(14-5-1)17-7-2-6-16-17/h1-8,10,15H,9H2. The third-order valence-electron chi connectivity index (χ3n) is 2.57. The number of nitrogens with zero attached hydrogens (tertiary/aromatic N) is 3. The van der Waals surface area contributed by atoms with Gasteiger partial charge in [-0.25, -0.2) is 9.67 Å². The van der Waals surface area contributed by atoms with Crippen molar-refractivity contribution < 1.29 is 4.42 Å². The maximum Gasteiger partial charge on any atom is 0.176 e. The number of aromatic nitrogens is 3. The van der Waals surface area contributed by atoms with Gasteiger partial charge in [0.1, 0.15) is 0 Å². The van der Waals surface area contributed by atoms with Gasteiger partial charge < -0.3 is 9.73 Å². The van der Waals surface area contributed by atoms with Crippen molar-refractivity contribution in [1.29, 1.82) is 0 Å². The number of hydrogen-bond donors (Lipinski definition) is 1. The molecule has 0 amide bonds. The molecule has 1 N–H and O–H groups in total.